The number of rotatable bonds is 13. The quantitative estimate of drug-likeness (QED) is 0.439. The number of hydrogen-bond acceptors (Lipinski definition) is 7. The number of amides is 1. The van der Waals surface area contributed by atoms with Crippen molar-refractivity contribution in [1.82, 2.24) is 24.9 Å². The van der Waals surface area contributed by atoms with Gasteiger partial charge in [0.2, 0.25) is 5.91 Å². The van der Waals surface area contributed by atoms with Crippen LogP contribution >= 0.6 is 0 Å². The van der Waals surface area contributed by atoms with E-state index in [1.165, 1.54) is 17.0 Å². The molecule has 206 valence electrons. The molecule has 0 aromatic carbocycles. The average Bonchev–Trinajstić information content (AvgIpc) is 3.20. The Morgan fingerprint density at radius 1 is 1.14 bits per heavy atom. The Balaban J connectivity index is 1.88. The molecular formula is C27H49N5O4. The molecule has 1 N–H and O–H groups in total. The van der Waals surface area contributed by atoms with E-state index in [9.17, 15) is 4.79 Å². The number of methoxy groups -OCH3 is 3. The number of nitrogens with one attached hydrogen (secondary N) is 1. The maximum Gasteiger partial charge on any atom is 0.230 e. The molecule has 0 saturated heterocycles. The number of ether oxygens (including phenoxy) is 3. The van der Waals surface area contributed by atoms with Gasteiger partial charge < -0.3 is 24.4 Å². The smallest absolute Gasteiger partial charge is 0.230 e. The average molecular weight is 508 g/mol. The number of carbonyl (C=O) groups is 1. The second-order valence-electron chi connectivity index (χ2n) is 11.6. The van der Waals surface area contributed by atoms with Gasteiger partial charge in [-0.25, -0.2) is 0 Å². The van der Waals surface area contributed by atoms with E-state index >= 15 is 0 Å². The van der Waals surface area contributed by atoms with Gasteiger partial charge >= 0.3 is 0 Å². The van der Waals surface area contributed by atoms with Gasteiger partial charge in [-0.3, -0.25) is 14.4 Å². The summed E-state index contributed by atoms with van der Waals surface area (Å²) in [5.41, 5.74) is 3.30. The van der Waals surface area contributed by atoms with E-state index in [0.717, 1.165) is 65.1 Å². The van der Waals surface area contributed by atoms with E-state index in [2.05, 4.69) is 21.9 Å². The third-order valence-corrected chi connectivity index (χ3v) is 7.99. The minimum absolute atomic E-state index is 0.0865. The van der Waals surface area contributed by atoms with Crippen LogP contribution in [0.2, 0.25) is 0 Å². The van der Waals surface area contributed by atoms with E-state index < -0.39 is 5.41 Å². The normalized spacial score (nSPS) is 18.6. The fourth-order valence-electron chi connectivity index (χ4n) is 6.10. The molecule has 2 heterocycles. The summed E-state index contributed by atoms with van der Waals surface area (Å²) < 4.78 is 18.7. The van der Waals surface area contributed by atoms with Crippen molar-refractivity contribution in [2.24, 2.45) is 10.8 Å². The van der Waals surface area contributed by atoms with Crippen LogP contribution in [0.3, 0.4) is 0 Å². The maximum atomic E-state index is 13.4. The summed E-state index contributed by atoms with van der Waals surface area (Å²) in [5, 5.41) is 8.36. The highest BCUT2D eigenvalue weighted by molar-refractivity contribution is 5.82. The van der Waals surface area contributed by atoms with Crippen molar-refractivity contribution in [3.63, 3.8) is 0 Å². The minimum Gasteiger partial charge on any atom is -0.384 e. The summed E-state index contributed by atoms with van der Waals surface area (Å²) in [5.74, 6) is 0.587. The second-order valence-corrected chi connectivity index (χ2v) is 11.6. The highest BCUT2D eigenvalue weighted by atomic mass is 16.5. The van der Waals surface area contributed by atoms with E-state index in [4.69, 9.17) is 19.3 Å². The number of aromatic nitrogens is 2. The van der Waals surface area contributed by atoms with Gasteiger partial charge in [0.1, 0.15) is 0 Å². The van der Waals surface area contributed by atoms with Crippen LogP contribution in [0.4, 0.5) is 0 Å². The number of carbonyl (C=O) groups excluding carboxylic acids is 1. The Labute approximate surface area is 217 Å². The molecule has 1 aliphatic heterocycles. The lowest BCUT2D eigenvalue weighted by Crippen LogP contribution is -2.46. The molecule has 0 unspecified atom stereocenters. The summed E-state index contributed by atoms with van der Waals surface area (Å²) in [6, 6.07) is 0. The van der Waals surface area contributed by atoms with E-state index in [1.54, 1.807) is 21.3 Å². The monoisotopic (exact) mass is 507 g/mol. The van der Waals surface area contributed by atoms with Gasteiger partial charge in [-0.1, -0.05) is 0 Å². The molecular weight excluding hydrogens is 458 g/mol. The summed E-state index contributed by atoms with van der Waals surface area (Å²) in [7, 11) is 9.37. The van der Waals surface area contributed by atoms with E-state index in [-0.39, 0.29) is 11.3 Å². The van der Waals surface area contributed by atoms with Gasteiger partial charge in [0.05, 0.1) is 49.7 Å². The van der Waals surface area contributed by atoms with Gasteiger partial charge in [0, 0.05) is 58.5 Å². The molecule has 0 bridgehead atoms. The first-order valence-corrected chi connectivity index (χ1v) is 13.4. The zero-order valence-electron chi connectivity index (χ0n) is 23.7. The fourth-order valence-corrected chi connectivity index (χ4v) is 6.10. The minimum atomic E-state index is -0.544. The first-order chi connectivity index (χ1) is 17.2. The molecule has 1 aliphatic carbocycles. The number of fused-ring (bicyclic) bond motifs is 1. The van der Waals surface area contributed by atoms with Crippen molar-refractivity contribution in [1.29, 1.82) is 0 Å². The standard InChI is InChI=1S/C27H49N5O4/c1-26(2,18-34-5)25(33)31-14-15-32-23(17-31)24(22(29-32)16-30(4)13-12-28-3)21-8-10-27(11-9-21,19-35-6)20-36-7/h21,28H,8-20H2,1-7H3. The molecule has 9 heteroatoms. The highest BCUT2D eigenvalue weighted by Crippen LogP contribution is 2.45. The van der Waals surface area contributed by atoms with Crippen LogP contribution in [0.1, 0.15) is 62.4 Å². The molecule has 1 amide bonds. The number of hydrogen-bond donors (Lipinski definition) is 1. The molecule has 1 saturated carbocycles. The Bertz CT molecular complexity index is 839. The van der Waals surface area contributed by atoms with Crippen LogP contribution in [0.15, 0.2) is 0 Å². The van der Waals surface area contributed by atoms with Crippen LogP contribution in [0.25, 0.3) is 0 Å². The molecule has 3 rings (SSSR count). The van der Waals surface area contributed by atoms with Crippen LogP contribution in [0.5, 0.6) is 0 Å². The topological polar surface area (TPSA) is 81.1 Å². The lowest BCUT2D eigenvalue weighted by molar-refractivity contribution is -0.144. The summed E-state index contributed by atoms with van der Waals surface area (Å²) in [4.78, 5) is 17.8. The summed E-state index contributed by atoms with van der Waals surface area (Å²) in [6.07, 6.45) is 4.31. The Kier molecular flexibility index (Phi) is 10.3. The molecule has 0 atom stereocenters. The lowest BCUT2D eigenvalue weighted by Gasteiger charge is -2.40. The zero-order chi connectivity index (χ0) is 26.3. The third kappa shape index (κ3) is 6.67. The Hall–Kier alpha value is -1.52. The second kappa shape index (κ2) is 12.8. The van der Waals surface area contributed by atoms with Crippen LogP contribution in [-0.4, -0.2) is 100 Å². The molecule has 9 nitrogen and oxygen atoms in total. The molecule has 36 heavy (non-hydrogen) atoms. The van der Waals surface area contributed by atoms with Gasteiger partial charge in [-0.15, -0.1) is 0 Å². The van der Waals surface area contributed by atoms with Crippen LogP contribution in [-0.2, 0) is 38.6 Å². The molecule has 0 spiro atoms. The Morgan fingerprint density at radius 2 is 1.81 bits per heavy atom. The fraction of sp³-hybridized carbons (Fsp3) is 0.852. The van der Waals surface area contributed by atoms with Gasteiger partial charge in [0.15, 0.2) is 0 Å². The largest absolute Gasteiger partial charge is 0.384 e. The van der Waals surface area contributed by atoms with Crippen molar-refractivity contribution in [2.45, 2.75) is 65.1 Å². The lowest BCUT2D eigenvalue weighted by atomic mass is 9.69. The first kappa shape index (κ1) is 29.0. The van der Waals surface area contributed by atoms with Crippen LogP contribution in [0, 0.1) is 10.8 Å². The Morgan fingerprint density at radius 3 is 2.39 bits per heavy atom. The number of nitrogens with zero attached hydrogens (tertiary/aromatic N) is 4. The summed E-state index contributed by atoms with van der Waals surface area (Å²) >= 11 is 0. The number of likely N-dealkylation sites (N-methyl/N-ethyl adjacent to an activating group) is 2. The van der Waals surface area contributed by atoms with Crippen molar-refractivity contribution >= 4 is 5.91 Å². The predicted molar refractivity (Wildman–Crippen MR) is 141 cm³/mol. The third-order valence-electron chi connectivity index (χ3n) is 7.99. The molecule has 2 aliphatic rings. The van der Waals surface area contributed by atoms with E-state index in [0.29, 0.717) is 25.6 Å². The van der Waals surface area contributed by atoms with Gasteiger partial charge in [0.25, 0.3) is 0 Å². The van der Waals surface area contributed by atoms with Crippen molar-refractivity contribution < 1.29 is 19.0 Å². The maximum absolute atomic E-state index is 13.4. The zero-order valence-corrected chi connectivity index (χ0v) is 23.7. The van der Waals surface area contributed by atoms with Crippen molar-refractivity contribution in [3.05, 3.63) is 17.0 Å². The van der Waals surface area contributed by atoms with Crippen LogP contribution < -0.4 is 5.32 Å². The highest BCUT2D eigenvalue weighted by Gasteiger charge is 2.40. The molecule has 0 radical (unpaired) electrons. The van der Waals surface area contributed by atoms with E-state index in [1.807, 2.05) is 25.8 Å². The van der Waals surface area contributed by atoms with Crippen molar-refractivity contribution in [2.75, 3.05) is 74.9 Å². The van der Waals surface area contributed by atoms with Gasteiger partial charge in [-0.05, 0) is 59.5 Å². The first-order valence-electron chi connectivity index (χ1n) is 13.4. The molecule has 1 fully saturated rings. The SMILES string of the molecule is CNCCN(C)Cc1nn2c(c1C1CCC(COC)(COC)CC1)CN(C(=O)C(C)(C)COC)CC2. The van der Waals surface area contributed by atoms with Gasteiger partial charge in [-0.2, -0.15) is 5.10 Å². The predicted octanol–water partition coefficient (Wildman–Crippen LogP) is 2.49. The molecule has 1 aromatic rings. The van der Waals surface area contributed by atoms with Crippen molar-refractivity contribution in [3.8, 4) is 0 Å². The molecule has 1 aromatic heterocycles. The summed E-state index contributed by atoms with van der Waals surface area (Å²) in [6.45, 7) is 10.6.